The van der Waals surface area contributed by atoms with Crippen LogP contribution in [0.4, 0.5) is 0 Å². The van der Waals surface area contributed by atoms with Crippen molar-refractivity contribution in [3.05, 3.63) is 28.8 Å². The van der Waals surface area contributed by atoms with Gasteiger partial charge in [-0.2, -0.15) is 0 Å². The van der Waals surface area contributed by atoms with Crippen molar-refractivity contribution in [3.63, 3.8) is 0 Å². The monoisotopic (exact) mass is 301 g/mol. The van der Waals surface area contributed by atoms with Crippen LogP contribution in [0.1, 0.15) is 16.8 Å². The standard InChI is InChI=1S/C13H16ClNO5/c1-19-7-3-6-15-11(16)8-20-10-5-2-4-9(14)12(10)13(17)18/h2,4-5H,3,6-8H2,1H3,(H,15,16)(H,17,18). The second-order valence-electron chi connectivity index (χ2n) is 3.90. The number of rotatable bonds is 8. The first-order valence-corrected chi connectivity index (χ1v) is 6.34. The van der Waals surface area contributed by atoms with Gasteiger partial charge in [0.1, 0.15) is 11.3 Å². The van der Waals surface area contributed by atoms with E-state index in [1.165, 1.54) is 12.1 Å². The van der Waals surface area contributed by atoms with Crippen molar-refractivity contribution in [1.82, 2.24) is 5.32 Å². The number of nitrogens with one attached hydrogen (secondary N) is 1. The van der Waals surface area contributed by atoms with E-state index in [-0.39, 0.29) is 28.8 Å². The first-order chi connectivity index (χ1) is 9.56. The highest BCUT2D eigenvalue weighted by Crippen LogP contribution is 2.26. The minimum Gasteiger partial charge on any atom is -0.483 e. The maximum absolute atomic E-state index is 11.5. The molecular weight excluding hydrogens is 286 g/mol. The van der Waals surface area contributed by atoms with E-state index < -0.39 is 5.97 Å². The fourth-order valence-electron chi connectivity index (χ4n) is 1.47. The Hall–Kier alpha value is -1.79. The fourth-order valence-corrected chi connectivity index (χ4v) is 1.72. The van der Waals surface area contributed by atoms with Crippen LogP contribution in [-0.2, 0) is 9.53 Å². The summed E-state index contributed by atoms with van der Waals surface area (Å²) in [5, 5.41) is 11.7. The maximum Gasteiger partial charge on any atom is 0.341 e. The van der Waals surface area contributed by atoms with E-state index >= 15 is 0 Å². The molecule has 0 saturated carbocycles. The number of ether oxygens (including phenoxy) is 2. The van der Waals surface area contributed by atoms with Crippen molar-refractivity contribution in [2.24, 2.45) is 0 Å². The van der Waals surface area contributed by atoms with E-state index in [1.54, 1.807) is 13.2 Å². The lowest BCUT2D eigenvalue weighted by molar-refractivity contribution is -0.123. The van der Waals surface area contributed by atoms with Crippen LogP contribution in [0.5, 0.6) is 5.75 Å². The van der Waals surface area contributed by atoms with E-state index in [2.05, 4.69) is 5.32 Å². The second kappa shape index (κ2) is 8.39. The molecule has 0 aliphatic carbocycles. The Kier molecular flexibility index (Phi) is 6.83. The van der Waals surface area contributed by atoms with Crippen LogP contribution in [0.2, 0.25) is 5.02 Å². The maximum atomic E-state index is 11.5. The van der Waals surface area contributed by atoms with Gasteiger partial charge in [-0.1, -0.05) is 17.7 Å². The van der Waals surface area contributed by atoms with Gasteiger partial charge < -0.3 is 19.9 Å². The molecule has 1 rings (SSSR count). The van der Waals surface area contributed by atoms with Crippen molar-refractivity contribution in [2.75, 3.05) is 26.9 Å². The van der Waals surface area contributed by atoms with Crippen LogP contribution in [0.15, 0.2) is 18.2 Å². The van der Waals surface area contributed by atoms with E-state index in [4.69, 9.17) is 26.2 Å². The van der Waals surface area contributed by atoms with Gasteiger partial charge in [0.2, 0.25) is 0 Å². The lowest BCUT2D eigenvalue weighted by Gasteiger charge is -2.10. The first kappa shape index (κ1) is 16.3. The predicted octanol–water partition coefficient (Wildman–Crippen LogP) is 1.57. The second-order valence-corrected chi connectivity index (χ2v) is 4.31. The molecule has 6 nitrogen and oxygen atoms in total. The van der Waals surface area contributed by atoms with Crippen LogP contribution >= 0.6 is 11.6 Å². The van der Waals surface area contributed by atoms with Gasteiger partial charge in [0.25, 0.3) is 5.91 Å². The Morgan fingerprint density at radius 1 is 1.40 bits per heavy atom. The van der Waals surface area contributed by atoms with E-state index in [9.17, 15) is 9.59 Å². The lowest BCUT2D eigenvalue weighted by atomic mass is 10.2. The van der Waals surface area contributed by atoms with Gasteiger partial charge >= 0.3 is 5.97 Å². The third-order valence-electron chi connectivity index (χ3n) is 2.40. The van der Waals surface area contributed by atoms with Crippen LogP contribution in [0, 0.1) is 0 Å². The number of carbonyl (C=O) groups is 2. The Morgan fingerprint density at radius 3 is 2.80 bits per heavy atom. The Morgan fingerprint density at radius 2 is 2.15 bits per heavy atom. The highest BCUT2D eigenvalue weighted by molar-refractivity contribution is 6.33. The summed E-state index contributed by atoms with van der Waals surface area (Å²) in [7, 11) is 1.58. The molecule has 0 atom stereocenters. The van der Waals surface area contributed by atoms with E-state index in [1.807, 2.05) is 0 Å². The highest BCUT2D eigenvalue weighted by Gasteiger charge is 2.16. The smallest absolute Gasteiger partial charge is 0.341 e. The molecule has 0 radical (unpaired) electrons. The molecule has 1 aromatic carbocycles. The molecule has 20 heavy (non-hydrogen) atoms. The summed E-state index contributed by atoms with van der Waals surface area (Å²) in [5.74, 6) is -1.47. The summed E-state index contributed by atoms with van der Waals surface area (Å²) >= 11 is 5.78. The van der Waals surface area contributed by atoms with E-state index in [0.29, 0.717) is 19.6 Å². The molecule has 0 aromatic heterocycles. The molecule has 0 saturated heterocycles. The number of benzene rings is 1. The lowest BCUT2D eigenvalue weighted by Crippen LogP contribution is -2.30. The third kappa shape index (κ3) is 5.07. The normalized spacial score (nSPS) is 10.1. The Bertz CT molecular complexity index is 478. The number of aromatic carboxylic acids is 1. The molecule has 0 spiro atoms. The molecule has 7 heteroatoms. The summed E-state index contributed by atoms with van der Waals surface area (Å²) in [5.41, 5.74) is -0.152. The van der Waals surface area contributed by atoms with Crippen molar-refractivity contribution in [2.45, 2.75) is 6.42 Å². The van der Waals surface area contributed by atoms with Gasteiger partial charge in [0.15, 0.2) is 6.61 Å². The molecule has 0 unspecified atom stereocenters. The van der Waals surface area contributed by atoms with Gasteiger partial charge in [-0.3, -0.25) is 4.79 Å². The number of hydrogen-bond donors (Lipinski definition) is 2. The zero-order chi connectivity index (χ0) is 15.0. The number of methoxy groups -OCH3 is 1. The average Bonchev–Trinajstić information content (AvgIpc) is 2.41. The predicted molar refractivity (Wildman–Crippen MR) is 73.4 cm³/mol. The molecule has 0 bridgehead atoms. The molecule has 0 aliphatic rings. The van der Waals surface area contributed by atoms with Gasteiger partial charge in [-0.25, -0.2) is 4.79 Å². The summed E-state index contributed by atoms with van der Waals surface area (Å²) in [6.07, 6.45) is 0.694. The molecule has 1 aromatic rings. The zero-order valence-electron chi connectivity index (χ0n) is 11.0. The van der Waals surface area contributed by atoms with Crippen molar-refractivity contribution >= 4 is 23.5 Å². The highest BCUT2D eigenvalue weighted by atomic mass is 35.5. The van der Waals surface area contributed by atoms with Crippen molar-refractivity contribution < 1.29 is 24.2 Å². The Balaban J connectivity index is 2.51. The SMILES string of the molecule is COCCCNC(=O)COc1cccc(Cl)c1C(=O)O. The topological polar surface area (TPSA) is 84.9 Å². The number of amides is 1. The van der Waals surface area contributed by atoms with Crippen molar-refractivity contribution in [1.29, 1.82) is 0 Å². The number of hydrogen-bond acceptors (Lipinski definition) is 4. The summed E-state index contributed by atoms with van der Waals surface area (Å²) in [6, 6.07) is 4.46. The molecule has 0 fully saturated rings. The van der Waals surface area contributed by atoms with Gasteiger partial charge in [0, 0.05) is 20.3 Å². The van der Waals surface area contributed by atoms with Crippen LogP contribution in [0.3, 0.4) is 0 Å². The van der Waals surface area contributed by atoms with Crippen LogP contribution in [0.25, 0.3) is 0 Å². The van der Waals surface area contributed by atoms with Gasteiger partial charge in [0.05, 0.1) is 5.02 Å². The third-order valence-corrected chi connectivity index (χ3v) is 2.71. The number of carbonyl (C=O) groups excluding carboxylic acids is 1. The first-order valence-electron chi connectivity index (χ1n) is 5.96. The quantitative estimate of drug-likeness (QED) is 0.712. The number of carboxylic acids is 1. The fraction of sp³-hybridized carbons (Fsp3) is 0.385. The molecule has 0 aliphatic heterocycles. The number of halogens is 1. The minimum absolute atomic E-state index is 0.0653. The summed E-state index contributed by atoms with van der Waals surface area (Å²) in [6.45, 7) is 0.754. The average molecular weight is 302 g/mol. The molecule has 2 N–H and O–H groups in total. The van der Waals surface area contributed by atoms with Crippen LogP contribution in [-0.4, -0.2) is 43.9 Å². The van der Waals surface area contributed by atoms with Gasteiger partial charge in [-0.15, -0.1) is 0 Å². The summed E-state index contributed by atoms with van der Waals surface area (Å²) in [4.78, 5) is 22.5. The molecule has 1 amide bonds. The molecule has 110 valence electrons. The minimum atomic E-state index is -1.20. The van der Waals surface area contributed by atoms with E-state index in [0.717, 1.165) is 0 Å². The number of carboxylic acid groups (broad SMARTS) is 1. The molecule has 0 heterocycles. The zero-order valence-corrected chi connectivity index (χ0v) is 11.8. The summed E-state index contributed by atoms with van der Waals surface area (Å²) < 4.78 is 10.0. The largest absolute Gasteiger partial charge is 0.483 e. The van der Waals surface area contributed by atoms with Crippen molar-refractivity contribution in [3.8, 4) is 5.75 Å². The Labute approximate surface area is 121 Å². The molecular formula is C13H16ClNO5. The van der Waals surface area contributed by atoms with Gasteiger partial charge in [-0.05, 0) is 18.6 Å². The van der Waals surface area contributed by atoms with Crippen LogP contribution < -0.4 is 10.1 Å².